The highest BCUT2D eigenvalue weighted by Gasteiger charge is 2.14. The average Bonchev–Trinajstić information content (AvgIpc) is 2.90. The lowest BCUT2D eigenvalue weighted by molar-refractivity contribution is 0.103. The number of nitrogens with zero attached hydrogens (tertiary/aromatic N) is 2. The topological polar surface area (TPSA) is 61.3 Å². The zero-order valence-electron chi connectivity index (χ0n) is 9.34. The van der Waals surface area contributed by atoms with Crippen LogP contribution in [0.25, 0.3) is 0 Å². The van der Waals surface area contributed by atoms with Gasteiger partial charge < -0.3 is 9.47 Å². The molecular weight excluding hydrogens is 240 g/mol. The molecule has 0 aliphatic carbocycles. The summed E-state index contributed by atoms with van der Waals surface area (Å²) in [6.45, 7) is 0. The molecule has 0 N–H and O–H groups in total. The van der Waals surface area contributed by atoms with E-state index in [0.29, 0.717) is 22.8 Å². The highest BCUT2D eigenvalue weighted by Crippen LogP contribution is 2.28. The van der Waals surface area contributed by atoms with Gasteiger partial charge in [0.25, 0.3) is 0 Å². The minimum atomic E-state index is -0.181. The van der Waals surface area contributed by atoms with E-state index in [-0.39, 0.29) is 5.78 Å². The molecular formula is C11H10N2O3S. The monoisotopic (exact) mass is 250 g/mol. The first kappa shape index (κ1) is 11.5. The van der Waals surface area contributed by atoms with Crippen LogP contribution in [0, 0.1) is 0 Å². The van der Waals surface area contributed by atoms with Crippen LogP contribution in [0.1, 0.15) is 16.1 Å². The lowest BCUT2D eigenvalue weighted by Crippen LogP contribution is -2.02. The van der Waals surface area contributed by atoms with Crippen LogP contribution in [-0.4, -0.2) is 29.6 Å². The Morgan fingerprint density at radius 3 is 2.59 bits per heavy atom. The number of hydrogen-bond donors (Lipinski definition) is 0. The Balaban J connectivity index is 2.37. The Hall–Kier alpha value is -1.95. The standard InChI is InChI=1S/C11H10N2O3S/c1-15-9-4-3-7(5-10(9)16-2)11(14)8-6-17-13-12-8/h3-6H,1-2H3. The summed E-state index contributed by atoms with van der Waals surface area (Å²) >= 11 is 1.14. The molecule has 0 aliphatic rings. The normalized spacial score (nSPS) is 10.0. The number of carbonyl (C=O) groups excluding carboxylic acids is 1. The average molecular weight is 250 g/mol. The molecule has 1 aromatic carbocycles. The first-order valence-electron chi connectivity index (χ1n) is 4.80. The highest BCUT2D eigenvalue weighted by molar-refractivity contribution is 7.03. The van der Waals surface area contributed by atoms with E-state index in [4.69, 9.17) is 9.47 Å². The van der Waals surface area contributed by atoms with E-state index in [2.05, 4.69) is 9.59 Å². The molecule has 0 spiro atoms. The summed E-state index contributed by atoms with van der Waals surface area (Å²) < 4.78 is 13.9. The molecule has 2 aromatic rings. The van der Waals surface area contributed by atoms with E-state index in [1.165, 1.54) is 7.11 Å². The molecule has 0 amide bonds. The Bertz CT molecular complexity index is 526. The maximum absolute atomic E-state index is 12.0. The second-order valence-electron chi connectivity index (χ2n) is 3.19. The van der Waals surface area contributed by atoms with Gasteiger partial charge in [0.05, 0.1) is 14.2 Å². The Morgan fingerprint density at radius 2 is 2.00 bits per heavy atom. The van der Waals surface area contributed by atoms with Crippen LogP contribution in [0.4, 0.5) is 0 Å². The van der Waals surface area contributed by atoms with Crippen LogP contribution in [0.3, 0.4) is 0 Å². The zero-order chi connectivity index (χ0) is 12.3. The molecule has 1 heterocycles. The predicted octanol–water partition coefficient (Wildman–Crippen LogP) is 1.79. The largest absolute Gasteiger partial charge is 0.493 e. The van der Waals surface area contributed by atoms with Gasteiger partial charge in [-0.2, -0.15) is 0 Å². The van der Waals surface area contributed by atoms with Gasteiger partial charge in [0.2, 0.25) is 5.78 Å². The van der Waals surface area contributed by atoms with E-state index in [1.807, 2.05) is 0 Å². The molecule has 0 bridgehead atoms. The minimum Gasteiger partial charge on any atom is -0.493 e. The molecule has 0 fully saturated rings. The van der Waals surface area contributed by atoms with Crippen LogP contribution in [-0.2, 0) is 0 Å². The third-order valence-electron chi connectivity index (χ3n) is 2.24. The van der Waals surface area contributed by atoms with Crippen molar-refractivity contribution >= 4 is 17.3 Å². The first-order chi connectivity index (χ1) is 8.26. The number of ether oxygens (including phenoxy) is 2. The number of rotatable bonds is 4. The predicted molar refractivity (Wildman–Crippen MR) is 62.9 cm³/mol. The molecule has 0 saturated heterocycles. The van der Waals surface area contributed by atoms with Gasteiger partial charge >= 0.3 is 0 Å². The van der Waals surface area contributed by atoms with Crippen molar-refractivity contribution in [2.45, 2.75) is 0 Å². The summed E-state index contributed by atoms with van der Waals surface area (Å²) in [5.74, 6) is 0.918. The first-order valence-corrected chi connectivity index (χ1v) is 5.63. The van der Waals surface area contributed by atoms with Gasteiger partial charge in [-0.1, -0.05) is 4.49 Å². The second-order valence-corrected chi connectivity index (χ2v) is 3.80. The lowest BCUT2D eigenvalue weighted by Gasteiger charge is -2.08. The summed E-state index contributed by atoms with van der Waals surface area (Å²) in [5.41, 5.74) is 0.831. The van der Waals surface area contributed by atoms with Crippen molar-refractivity contribution in [3.8, 4) is 11.5 Å². The molecule has 0 unspecified atom stereocenters. The summed E-state index contributed by atoms with van der Waals surface area (Å²) in [7, 11) is 3.07. The molecule has 6 heteroatoms. The lowest BCUT2D eigenvalue weighted by atomic mass is 10.1. The number of methoxy groups -OCH3 is 2. The van der Waals surface area contributed by atoms with E-state index in [1.54, 1.807) is 30.7 Å². The van der Waals surface area contributed by atoms with Crippen molar-refractivity contribution in [1.82, 2.24) is 9.59 Å². The van der Waals surface area contributed by atoms with Crippen LogP contribution >= 0.6 is 11.5 Å². The van der Waals surface area contributed by atoms with Gasteiger partial charge in [0.1, 0.15) is 5.69 Å². The van der Waals surface area contributed by atoms with Crippen LogP contribution in [0.2, 0.25) is 0 Å². The molecule has 17 heavy (non-hydrogen) atoms. The van der Waals surface area contributed by atoms with Crippen LogP contribution in [0.15, 0.2) is 23.6 Å². The van der Waals surface area contributed by atoms with Crippen molar-refractivity contribution < 1.29 is 14.3 Å². The van der Waals surface area contributed by atoms with Crippen molar-refractivity contribution in [3.63, 3.8) is 0 Å². The number of benzene rings is 1. The molecule has 5 nitrogen and oxygen atoms in total. The van der Waals surface area contributed by atoms with Crippen molar-refractivity contribution in [2.75, 3.05) is 14.2 Å². The minimum absolute atomic E-state index is 0.181. The third-order valence-corrected chi connectivity index (χ3v) is 2.74. The number of ketones is 1. The highest BCUT2D eigenvalue weighted by atomic mass is 32.1. The van der Waals surface area contributed by atoms with Crippen molar-refractivity contribution in [1.29, 1.82) is 0 Å². The van der Waals surface area contributed by atoms with Gasteiger partial charge in [-0.05, 0) is 29.7 Å². The number of aromatic nitrogens is 2. The Morgan fingerprint density at radius 1 is 1.24 bits per heavy atom. The van der Waals surface area contributed by atoms with Gasteiger partial charge in [-0.3, -0.25) is 4.79 Å². The fraction of sp³-hybridized carbons (Fsp3) is 0.182. The maximum atomic E-state index is 12.0. The fourth-order valence-electron chi connectivity index (χ4n) is 1.39. The molecule has 88 valence electrons. The van der Waals surface area contributed by atoms with E-state index >= 15 is 0 Å². The van der Waals surface area contributed by atoms with E-state index in [9.17, 15) is 4.79 Å². The smallest absolute Gasteiger partial charge is 0.214 e. The molecule has 0 saturated carbocycles. The van der Waals surface area contributed by atoms with Gasteiger partial charge in [-0.25, -0.2) is 0 Å². The fourth-order valence-corrected chi connectivity index (χ4v) is 1.83. The Kier molecular flexibility index (Phi) is 3.34. The summed E-state index contributed by atoms with van der Waals surface area (Å²) in [4.78, 5) is 12.0. The van der Waals surface area contributed by atoms with E-state index < -0.39 is 0 Å². The zero-order valence-corrected chi connectivity index (χ0v) is 10.2. The summed E-state index contributed by atoms with van der Waals surface area (Å²) in [5, 5.41) is 5.35. The van der Waals surface area contributed by atoms with Gasteiger partial charge in [0, 0.05) is 10.9 Å². The number of hydrogen-bond acceptors (Lipinski definition) is 6. The molecule has 0 radical (unpaired) electrons. The third kappa shape index (κ3) is 2.26. The maximum Gasteiger partial charge on any atom is 0.214 e. The molecule has 1 aromatic heterocycles. The SMILES string of the molecule is COc1ccc(C(=O)c2csnn2)cc1OC. The quantitative estimate of drug-likeness (QED) is 0.774. The molecule has 0 atom stereocenters. The summed E-state index contributed by atoms with van der Waals surface area (Å²) in [6, 6.07) is 4.98. The van der Waals surface area contributed by atoms with Gasteiger partial charge in [-0.15, -0.1) is 5.10 Å². The van der Waals surface area contributed by atoms with Crippen molar-refractivity contribution in [3.05, 3.63) is 34.8 Å². The molecule has 0 aliphatic heterocycles. The van der Waals surface area contributed by atoms with Crippen LogP contribution in [0.5, 0.6) is 11.5 Å². The molecule has 2 rings (SSSR count). The van der Waals surface area contributed by atoms with E-state index in [0.717, 1.165) is 11.5 Å². The van der Waals surface area contributed by atoms with Gasteiger partial charge in [0.15, 0.2) is 11.5 Å². The second kappa shape index (κ2) is 4.92. The Labute approximate surface area is 102 Å². The van der Waals surface area contributed by atoms with Crippen molar-refractivity contribution in [2.24, 2.45) is 0 Å². The summed E-state index contributed by atoms with van der Waals surface area (Å²) in [6.07, 6.45) is 0. The number of carbonyl (C=O) groups is 1. The van der Waals surface area contributed by atoms with Crippen LogP contribution < -0.4 is 9.47 Å².